The molecule has 2 rings (SSSR count). The normalized spacial score (nSPS) is 16.2. The Kier molecular flexibility index (Phi) is 5.43. The zero-order chi connectivity index (χ0) is 20.9. The molecular formula is C16H12O12. The van der Waals surface area contributed by atoms with E-state index < -0.39 is 36.2 Å². The van der Waals surface area contributed by atoms with Crippen molar-refractivity contribution in [2.45, 2.75) is 11.6 Å². The molecule has 0 heterocycles. The summed E-state index contributed by atoms with van der Waals surface area (Å²) in [5, 5.41) is 36.0. The number of carbonyl (C=O) groups is 4. The van der Waals surface area contributed by atoms with Crippen LogP contribution in [0.1, 0.15) is 5.56 Å². The summed E-state index contributed by atoms with van der Waals surface area (Å²) in [6.07, 6.45) is -6.03. The Balaban J connectivity index is 2.75. The monoisotopic (exact) mass is 396 g/mol. The smallest absolute Gasteiger partial charge is 0.450 e. The predicted molar refractivity (Wildman–Crippen MR) is 85.5 cm³/mol. The Labute approximate surface area is 155 Å². The minimum Gasteiger partial charge on any atom is -0.450 e. The number of hydrogen-bond donors (Lipinski definition) is 4. The van der Waals surface area contributed by atoms with Crippen LogP contribution >= 0.6 is 0 Å². The molecule has 12 heteroatoms. The Morgan fingerprint density at radius 1 is 0.679 bits per heavy atom. The van der Waals surface area contributed by atoms with Crippen molar-refractivity contribution >= 4 is 30.2 Å². The SMILES string of the molecule is O=C(O)OC1(OC(=O)O)C=CC(c2ccccc2)=CC1(OC(=O)O)OC(=O)O. The van der Waals surface area contributed by atoms with Gasteiger partial charge in [0.2, 0.25) is 0 Å². The molecule has 0 saturated heterocycles. The summed E-state index contributed by atoms with van der Waals surface area (Å²) in [6, 6.07) is 7.96. The molecule has 0 atom stereocenters. The molecule has 0 aliphatic heterocycles. The molecule has 0 amide bonds. The van der Waals surface area contributed by atoms with Gasteiger partial charge in [-0.15, -0.1) is 0 Å². The standard InChI is InChI=1S/C16H12O12/c17-11(18)25-15(26-12(19)20)7-6-10(9-4-2-1-3-5-9)8-16(15,27-13(21)22)28-14(23)24/h1-8H,(H,17,18)(H,19,20)(H,21,22)(H,23,24). The second-order valence-corrected chi connectivity index (χ2v) is 5.11. The van der Waals surface area contributed by atoms with Crippen molar-refractivity contribution in [1.82, 2.24) is 0 Å². The molecule has 0 bridgehead atoms. The number of ether oxygens (including phenoxy) is 4. The molecule has 4 N–H and O–H groups in total. The van der Waals surface area contributed by atoms with Crippen LogP contribution in [0.3, 0.4) is 0 Å². The van der Waals surface area contributed by atoms with Gasteiger partial charge >= 0.3 is 36.2 Å². The van der Waals surface area contributed by atoms with E-state index in [-0.39, 0.29) is 5.57 Å². The summed E-state index contributed by atoms with van der Waals surface area (Å²) in [7, 11) is 0. The molecule has 0 fully saturated rings. The van der Waals surface area contributed by atoms with E-state index in [2.05, 4.69) is 18.9 Å². The number of rotatable bonds is 5. The second kappa shape index (κ2) is 7.57. The van der Waals surface area contributed by atoms with Crippen molar-refractivity contribution in [2.75, 3.05) is 0 Å². The average molecular weight is 396 g/mol. The zero-order valence-electron chi connectivity index (χ0n) is 13.7. The lowest BCUT2D eigenvalue weighted by molar-refractivity contribution is -0.312. The predicted octanol–water partition coefficient (Wildman–Crippen LogP) is 2.81. The first-order chi connectivity index (χ1) is 13.1. The first-order valence-corrected chi connectivity index (χ1v) is 7.24. The third kappa shape index (κ3) is 4.12. The average Bonchev–Trinajstić information content (AvgIpc) is 2.56. The fourth-order valence-corrected chi connectivity index (χ4v) is 2.45. The number of hydrogen-bond acceptors (Lipinski definition) is 8. The molecule has 0 radical (unpaired) electrons. The van der Waals surface area contributed by atoms with Crippen LogP contribution in [0.4, 0.5) is 19.2 Å². The summed E-state index contributed by atoms with van der Waals surface area (Å²) in [5.41, 5.74) is 0.507. The highest BCUT2D eigenvalue weighted by molar-refractivity contribution is 5.78. The van der Waals surface area contributed by atoms with Crippen LogP contribution in [0.2, 0.25) is 0 Å². The largest absolute Gasteiger partial charge is 0.509 e. The van der Waals surface area contributed by atoms with Gasteiger partial charge in [-0.2, -0.15) is 0 Å². The van der Waals surface area contributed by atoms with Crippen LogP contribution in [-0.4, -0.2) is 56.6 Å². The van der Waals surface area contributed by atoms with E-state index in [1.807, 2.05) is 0 Å². The highest BCUT2D eigenvalue weighted by atomic mass is 16.9. The molecule has 12 nitrogen and oxygen atoms in total. The Hall–Kier alpha value is -4.22. The van der Waals surface area contributed by atoms with E-state index in [0.29, 0.717) is 11.6 Å². The van der Waals surface area contributed by atoms with E-state index in [0.717, 1.165) is 12.2 Å². The topological polar surface area (TPSA) is 186 Å². The first kappa shape index (κ1) is 20.1. The lowest BCUT2D eigenvalue weighted by atomic mass is 9.91. The third-order valence-electron chi connectivity index (χ3n) is 3.38. The fraction of sp³-hybridized carbons (Fsp3) is 0.125. The lowest BCUT2D eigenvalue weighted by Crippen LogP contribution is -2.62. The van der Waals surface area contributed by atoms with Gasteiger partial charge in [-0.25, -0.2) is 19.2 Å². The summed E-state index contributed by atoms with van der Waals surface area (Å²) in [4.78, 5) is 44.6. The number of benzene rings is 1. The first-order valence-electron chi connectivity index (χ1n) is 7.24. The fourth-order valence-electron chi connectivity index (χ4n) is 2.45. The molecule has 0 aromatic heterocycles. The van der Waals surface area contributed by atoms with Crippen molar-refractivity contribution in [1.29, 1.82) is 0 Å². The summed E-state index contributed by atoms with van der Waals surface area (Å²) in [6.45, 7) is 0. The summed E-state index contributed by atoms with van der Waals surface area (Å²) >= 11 is 0. The van der Waals surface area contributed by atoms with Gasteiger partial charge in [0, 0.05) is 12.2 Å². The molecule has 28 heavy (non-hydrogen) atoms. The molecule has 1 aliphatic carbocycles. The van der Waals surface area contributed by atoms with Crippen LogP contribution < -0.4 is 0 Å². The third-order valence-corrected chi connectivity index (χ3v) is 3.38. The molecule has 148 valence electrons. The van der Waals surface area contributed by atoms with Crippen LogP contribution in [0.15, 0.2) is 48.6 Å². The van der Waals surface area contributed by atoms with E-state index in [1.54, 1.807) is 30.3 Å². The maximum atomic E-state index is 11.2. The molecule has 0 saturated carbocycles. The van der Waals surface area contributed by atoms with E-state index in [4.69, 9.17) is 20.4 Å². The zero-order valence-corrected chi connectivity index (χ0v) is 13.7. The summed E-state index contributed by atoms with van der Waals surface area (Å²) in [5.74, 6) is -6.33. The quantitative estimate of drug-likeness (QED) is 0.422. The maximum absolute atomic E-state index is 11.2. The van der Waals surface area contributed by atoms with Gasteiger partial charge in [0.05, 0.1) is 0 Å². The van der Waals surface area contributed by atoms with Gasteiger partial charge in [0.15, 0.2) is 0 Å². The summed E-state index contributed by atoms with van der Waals surface area (Å²) < 4.78 is 17.7. The van der Waals surface area contributed by atoms with E-state index >= 15 is 0 Å². The maximum Gasteiger partial charge on any atom is 0.509 e. The van der Waals surface area contributed by atoms with Gasteiger partial charge in [0.25, 0.3) is 0 Å². The highest BCUT2D eigenvalue weighted by Gasteiger charge is 2.65. The van der Waals surface area contributed by atoms with E-state index in [9.17, 15) is 19.2 Å². The Bertz CT molecular complexity index is 822. The van der Waals surface area contributed by atoms with Gasteiger partial charge in [-0.1, -0.05) is 36.4 Å². The Morgan fingerprint density at radius 2 is 1.11 bits per heavy atom. The van der Waals surface area contributed by atoms with Gasteiger partial charge in [0.1, 0.15) is 0 Å². The molecule has 1 aromatic carbocycles. The number of allylic oxidation sites excluding steroid dienone is 2. The van der Waals surface area contributed by atoms with Crippen LogP contribution in [0.25, 0.3) is 5.57 Å². The van der Waals surface area contributed by atoms with Crippen LogP contribution in [0, 0.1) is 0 Å². The van der Waals surface area contributed by atoms with E-state index in [1.165, 1.54) is 0 Å². The molecule has 1 aliphatic rings. The molecular weight excluding hydrogens is 384 g/mol. The minimum absolute atomic E-state index is 0.0988. The van der Waals surface area contributed by atoms with Crippen molar-refractivity contribution in [3.8, 4) is 0 Å². The Morgan fingerprint density at radius 3 is 1.54 bits per heavy atom. The highest BCUT2D eigenvalue weighted by Crippen LogP contribution is 2.42. The van der Waals surface area contributed by atoms with Crippen LogP contribution in [0.5, 0.6) is 0 Å². The van der Waals surface area contributed by atoms with Gasteiger partial charge in [-0.05, 0) is 11.1 Å². The van der Waals surface area contributed by atoms with Crippen LogP contribution in [-0.2, 0) is 18.9 Å². The van der Waals surface area contributed by atoms with Crippen molar-refractivity contribution in [3.05, 3.63) is 54.1 Å². The molecule has 0 spiro atoms. The second-order valence-electron chi connectivity index (χ2n) is 5.11. The molecule has 0 unspecified atom stereocenters. The van der Waals surface area contributed by atoms with Gasteiger partial charge < -0.3 is 39.4 Å². The number of carboxylic acid groups (broad SMARTS) is 4. The van der Waals surface area contributed by atoms with Crippen molar-refractivity contribution < 1.29 is 58.6 Å². The molecule has 1 aromatic rings. The van der Waals surface area contributed by atoms with Crippen molar-refractivity contribution in [2.24, 2.45) is 0 Å². The van der Waals surface area contributed by atoms with Gasteiger partial charge in [-0.3, -0.25) is 0 Å². The van der Waals surface area contributed by atoms with Crippen molar-refractivity contribution in [3.63, 3.8) is 0 Å². The minimum atomic E-state index is -3.18. The lowest BCUT2D eigenvalue weighted by Gasteiger charge is -2.41.